The predicted octanol–water partition coefficient (Wildman–Crippen LogP) is 4.15. The van der Waals surface area contributed by atoms with Gasteiger partial charge >= 0.3 is 0 Å². The van der Waals surface area contributed by atoms with Gasteiger partial charge in [0.2, 0.25) is 5.95 Å². The Hall–Kier alpha value is -2.90. The van der Waals surface area contributed by atoms with Crippen molar-refractivity contribution in [1.29, 1.82) is 0 Å². The molecule has 0 aliphatic heterocycles. The highest BCUT2D eigenvalue weighted by Crippen LogP contribution is 2.34. The lowest BCUT2D eigenvalue weighted by atomic mass is 10.1. The lowest BCUT2D eigenvalue weighted by Gasteiger charge is -2.11. The van der Waals surface area contributed by atoms with E-state index in [2.05, 4.69) is 15.0 Å². The third-order valence-corrected chi connectivity index (χ3v) is 4.83. The number of nitrogen functional groups attached to an aromatic ring is 2. The maximum absolute atomic E-state index is 6.40. The molecule has 0 spiro atoms. The molecule has 2 aromatic heterocycles. The van der Waals surface area contributed by atoms with E-state index in [-0.39, 0.29) is 5.95 Å². The second-order valence-corrected chi connectivity index (χ2v) is 6.95. The number of aromatic nitrogens is 3. The van der Waals surface area contributed by atoms with Crippen LogP contribution in [0.25, 0.3) is 22.2 Å². The van der Waals surface area contributed by atoms with Gasteiger partial charge in [-0.1, -0.05) is 11.6 Å². The molecule has 4 aromatic rings. The molecular formula is C18H14ClN5OS. The van der Waals surface area contributed by atoms with Crippen LogP contribution >= 0.6 is 22.9 Å². The van der Waals surface area contributed by atoms with Crippen molar-refractivity contribution in [3.63, 3.8) is 0 Å². The number of fused-ring (bicyclic) bond motifs is 1. The molecule has 4 N–H and O–H groups in total. The third-order valence-electron chi connectivity index (χ3n) is 3.78. The minimum absolute atomic E-state index is 0.192. The van der Waals surface area contributed by atoms with Crippen molar-refractivity contribution < 1.29 is 4.74 Å². The maximum Gasteiger partial charge on any atom is 0.221 e. The molecule has 0 saturated heterocycles. The first-order chi connectivity index (χ1) is 12.6. The van der Waals surface area contributed by atoms with Crippen molar-refractivity contribution >= 4 is 45.5 Å². The van der Waals surface area contributed by atoms with Gasteiger partial charge in [0, 0.05) is 28.2 Å². The number of nitrogens with two attached hydrogens (primary N) is 2. The van der Waals surface area contributed by atoms with Crippen molar-refractivity contribution in [2.75, 3.05) is 11.5 Å². The van der Waals surface area contributed by atoms with Gasteiger partial charge in [0.25, 0.3) is 0 Å². The highest BCUT2D eigenvalue weighted by molar-refractivity contribution is 7.09. The second kappa shape index (κ2) is 6.78. The van der Waals surface area contributed by atoms with Crippen molar-refractivity contribution in [3.05, 3.63) is 58.0 Å². The van der Waals surface area contributed by atoms with Crippen LogP contribution in [0.15, 0.2) is 48.0 Å². The highest BCUT2D eigenvalue weighted by atomic mass is 35.5. The van der Waals surface area contributed by atoms with E-state index in [0.717, 1.165) is 21.5 Å². The minimum atomic E-state index is 0.192. The van der Waals surface area contributed by atoms with Gasteiger partial charge in [0.05, 0.1) is 16.2 Å². The summed E-state index contributed by atoms with van der Waals surface area (Å²) in [5.41, 5.74) is 14.6. The van der Waals surface area contributed by atoms with Crippen LogP contribution in [0.1, 0.15) is 5.01 Å². The highest BCUT2D eigenvalue weighted by Gasteiger charge is 2.12. The molecule has 4 rings (SSSR count). The Bertz CT molecular complexity index is 1080. The number of benzene rings is 2. The molecule has 0 unspecified atom stereocenters. The average molecular weight is 384 g/mol. The van der Waals surface area contributed by atoms with E-state index in [1.807, 2.05) is 29.6 Å². The van der Waals surface area contributed by atoms with E-state index in [1.165, 1.54) is 11.3 Å². The molecule has 0 amide bonds. The lowest BCUT2D eigenvalue weighted by molar-refractivity contribution is 0.306. The summed E-state index contributed by atoms with van der Waals surface area (Å²) in [4.78, 5) is 12.8. The Labute approximate surface area is 158 Å². The van der Waals surface area contributed by atoms with Gasteiger partial charge in [-0.2, -0.15) is 0 Å². The zero-order valence-electron chi connectivity index (χ0n) is 13.5. The van der Waals surface area contributed by atoms with Crippen LogP contribution in [0.5, 0.6) is 5.75 Å². The number of nitrogens with zero attached hydrogens (tertiary/aromatic N) is 3. The fraction of sp³-hybridized carbons (Fsp3) is 0.0556. The smallest absolute Gasteiger partial charge is 0.221 e. The summed E-state index contributed by atoms with van der Waals surface area (Å²) >= 11 is 7.93. The number of hydrogen-bond donors (Lipinski definition) is 2. The summed E-state index contributed by atoms with van der Waals surface area (Å²) in [6.45, 7) is 0.372. The van der Waals surface area contributed by atoms with Gasteiger partial charge in [-0.25, -0.2) is 15.0 Å². The van der Waals surface area contributed by atoms with E-state index in [1.54, 1.807) is 18.3 Å². The zero-order chi connectivity index (χ0) is 18.1. The normalized spacial score (nSPS) is 11.0. The SMILES string of the molecule is Nc1ccc2nc(N)nc(-c3ccc(OCc4nccs4)c(Cl)c3)c2c1. The van der Waals surface area contributed by atoms with E-state index in [0.29, 0.717) is 28.8 Å². The quantitative estimate of drug-likeness (QED) is 0.513. The fourth-order valence-electron chi connectivity index (χ4n) is 2.61. The summed E-state index contributed by atoms with van der Waals surface area (Å²) < 4.78 is 5.74. The Kier molecular flexibility index (Phi) is 4.32. The Morgan fingerprint density at radius 1 is 1.08 bits per heavy atom. The van der Waals surface area contributed by atoms with Crippen LogP contribution in [0, 0.1) is 0 Å². The van der Waals surface area contributed by atoms with Gasteiger partial charge in [0.1, 0.15) is 17.4 Å². The Morgan fingerprint density at radius 2 is 1.96 bits per heavy atom. The fourth-order valence-corrected chi connectivity index (χ4v) is 3.38. The molecule has 0 aliphatic carbocycles. The van der Waals surface area contributed by atoms with E-state index >= 15 is 0 Å². The van der Waals surface area contributed by atoms with Crippen LogP contribution in [0.2, 0.25) is 5.02 Å². The van der Waals surface area contributed by atoms with Gasteiger partial charge in [-0.3, -0.25) is 0 Å². The molecular weight excluding hydrogens is 370 g/mol. The molecule has 6 nitrogen and oxygen atoms in total. The molecule has 0 atom stereocenters. The summed E-state index contributed by atoms with van der Waals surface area (Å²) in [5.74, 6) is 0.772. The van der Waals surface area contributed by atoms with Crippen molar-refractivity contribution in [2.45, 2.75) is 6.61 Å². The number of thiazole rings is 1. The molecule has 0 fully saturated rings. The average Bonchev–Trinajstić information content (AvgIpc) is 3.14. The van der Waals surface area contributed by atoms with E-state index in [9.17, 15) is 0 Å². The zero-order valence-corrected chi connectivity index (χ0v) is 15.1. The summed E-state index contributed by atoms with van der Waals surface area (Å²) in [6, 6.07) is 10.9. The standard InChI is InChI=1S/C18H14ClN5OS/c19-13-7-10(1-4-15(13)25-9-16-22-5-6-26-16)17-12-8-11(20)2-3-14(12)23-18(21)24-17/h1-8H,9,20H2,(H2,21,23,24). The van der Waals surface area contributed by atoms with Crippen LogP contribution < -0.4 is 16.2 Å². The predicted molar refractivity (Wildman–Crippen MR) is 105 cm³/mol. The topological polar surface area (TPSA) is 99.9 Å². The van der Waals surface area contributed by atoms with Crippen LogP contribution in [-0.2, 0) is 6.61 Å². The van der Waals surface area contributed by atoms with Gasteiger partial charge in [-0.05, 0) is 36.4 Å². The maximum atomic E-state index is 6.40. The molecule has 2 aromatic carbocycles. The molecule has 2 heterocycles. The lowest BCUT2D eigenvalue weighted by Crippen LogP contribution is -1.99. The first-order valence-electron chi connectivity index (χ1n) is 7.74. The summed E-state index contributed by atoms with van der Waals surface area (Å²) in [5, 5.41) is 4.08. The first kappa shape index (κ1) is 16.6. The molecule has 0 saturated carbocycles. The molecule has 8 heteroatoms. The molecule has 0 aliphatic rings. The summed E-state index contributed by atoms with van der Waals surface area (Å²) in [7, 11) is 0. The minimum Gasteiger partial charge on any atom is -0.485 e. The Balaban J connectivity index is 1.71. The van der Waals surface area contributed by atoms with Crippen molar-refractivity contribution in [1.82, 2.24) is 15.0 Å². The molecule has 26 heavy (non-hydrogen) atoms. The number of rotatable bonds is 4. The van der Waals surface area contributed by atoms with Crippen LogP contribution in [0.3, 0.4) is 0 Å². The van der Waals surface area contributed by atoms with Crippen LogP contribution in [-0.4, -0.2) is 15.0 Å². The number of halogens is 1. The number of anilines is 2. The molecule has 0 radical (unpaired) electrons. The van der Waals surface area contributed by atoms with Crippen LogP contribution in [0.4, 0.5) is 11.6 Å². The first-order valence-corrected chi connectivity index (χ1v) is 9.00. The third kappa shape index (κ3) is 3.26. The van der Waals surface area contributed by atoms with Gasteiger partial charge < -0.3 is 16.2 Å². The van der Waals surface area contributed by atoms with Crippen molar-refractivity contribution in [2.24, 2.45) is 0 Å². The second-order valence-electron chi connectivity index (χ2n) is 5.57. The monoisotopic (exact) mass is 383 g/mol. The number of ether oxygens (including phenoxy) is 1. The molecule has 0 bridgehead atoms. The Morgan fingerprint density at radius 3 is 2.73 bits per heavy atom. The number of hydrogen-bond acceptors (Lipinski definition) is 7. The summed E-state index contributed by atoms with van der Waals surface area (Å²) in [6.07, 6.45) is 1.74. The van der Waals surface area contributed by atoms with Gasteiger partial charge in [0.15, 0.2) is 0 Å². The van der Waals surface area contributed by atoms with E-state index in [4.69, 9.17) is 27.8 Å². The van der Waals surface area contributed by atoms with Crippen molar-refractivity contribution in [3.8, 4) is 17.0 Å². The largest absolute Gasteiger partial charge is 0.485 e. The van der Waals surface area contributed by atoms with E-state index < -0.39 is 0 Å². The van der Waals surface area contributed by atoms with Gasteiger partial charge in [-0.15, -0.1) is 11.3 Å². The molecule has 130 valence electrons.